The van der Waals surface area contributed by atoms with E-state index in [9.17, 15) is 14.7 Å². The lowest BCUT2D eigenvalue weighted by molar-refractivity contribution is 0.0474. The molecule has 1 aliphatic rings. The summed E-state index contributed by atoms with van der Waals surface area (Å²) < 4.78 is 1.50. The maximum atomic E-state index is 12.6. The second kappa shape index (κ2) is 6.81. The summed E-state index contributed by atoms with van der Waals surface area (Å²) in [5.41, 5.74) is 8.04. The van der Waals surface area contributed by atoms with Crippen LogP contribution in [0.3, 0.4) is 0 Å². The fourth-order valence-corrected chi connectivity index (χ4v) is 3.38. The summed E-state index contributed by atoms with van der Waals surface area (Å²) in [5, 5.41) is 13.8. The number of β-amino-alcohol motifs (C(OH)–C–C–N with tert-alkyl or cyclic N) is 1. The predicted molar refractivity (Wildman–Crippen MR) is 96.9 cm³/mol. The van der Waals surface area contributed by atoms with Gasteiger partial charge in [0.25, 0.3) is 11.8 Å². The standard InChI is InChI=1S/C19H18N5O3/c20-17(26)15-7-8-16(24-18(15)21-11-22-24)12-3-5-13(6-4-12)19(27)23-9-1-2-14(25)10-23/h3-8,14,25H,1-2,9-10H2,(H2,20,26). The normalized spacial score (nSPS) is 17.2. The Morgan fingerprint density at radius 3 is 2.67 bits per heavy atom. The zero-order chi connectivity index (χ0) is 19.0. The lowest BCUT2D eigenvalue weighted by Crippen LogP contribution is -2.42. The van der Waals surface area contributed by atoms with Gasteiger partial charge in [0.2, 0.25) is 6.33 Å². The monoisotopic (exact) mass is 364 g/mol. The maximum Gasteiger partial charge on any atom is 0.253 e. The molecule has 3 heterocycles. The number of aromatic nitrogens is 3. The van der Waals surface area contributed by atoms with E-state index in [4.69, 9.17) is 5.73 Å². The Kier molecular flexibility index (Phi) is 4.33. The Labute approximate surface area is 155 Å². The lowest BCUT2D eigenvalue weighted by Gasteiger charge is -2.30. The molecule has 0 bridgehead atoms. The topological polar surface area (TPSA) is 114 Å². The van der Waals surface area contributed by atoms with E-state index in [-0.39, 0.29) is 11.5 Å². The number of nitrogens with zero attached hydrogens (tertiary/aromatic N) is 4. The van der Waals surface area contributed by atoms with Crippen LogP contribution in [0.2, 0.25) is 0 Å². The van der Waals surface area contributed by atoms with Gasteiger partial charge < -0.3 is 15.7 Å². The van der Waals surface area contributed by atoms with Crippen LogP contribution >= 0.6 is 0 Å². The summed E-state index contributed by atoms with van der Waals surface area (Å²) in [7, 11) is 0. The Hall–Kier alpha value is -3.26. The van der Waals surface area contributed by atoms with Gasteiger partial charge in [0.05, 0.1) is 17.4 Å². The highest BCUT2D eigenvalue weighted by Crippen LogP contribution is 2.23. The van der Waals surface area contributed by atoms with E-state index in [1.165, 1.54) is 4.52 Å². The van der Waals surface area contributed by atoms with Gasteiger partial charge in [-0.1, -0.05) is 12.1 Å². The first-order valence-electron chi connectivity index (χ1n) is 8.68. The SMILES string of the molecule is NC(=O)c1ccc(-c2ccc(C(=O)N3CCCC(O)C3)cc2)n2n[c]nc12. The van der Waals surface area contributed by atoms with E-state index in [2.05, 4.69) is 16.4 Å². The lowest BCUT2D eigenvalue weighted by atomic mass is 10.0. The van der Waals surface area contributed by atoms with E-state index in [1.807, 2.05) is 12.1 Å². The summed E-state index contributed by atoms with van der Waals surface area (Å²) in [6, 6.07) is 10.4. The van der Waals surface area contributed by atoms with Crippen LogP contribution in [0.1, 0.15) is 33.6 Å². The minimum atomic E-state index is -0.586. The Balaban J connectivity index is 1.64. The molecule has 4 rings (SSSR count). The number of aliphatic hydroxyl groups excluding tert-OH is 1. The van der Waals surface area contributed by atoms with E-state index >= 15 is 0 Å². The smallest absolute Gasteiger partial charge is 0.253 e. The number of nitrogens with two attached hydrogens (primary N) is 1. The second-order valence-electron chi connectivity index (χ2n) is 6.57. The van der Waals surface area contributed by atoms with Crippen molar-refractivity contribution >= 4 is 17.5 Å². The van der Waals surface area contributed by atoms with E-state index in [0.717, 1.165) is 18.4 Å². The van der Waals surface area contributed by atoms with Crippen LogP contribution < -0.4 is 5.73 Å². The van der Waals surface area contributed by atoms with Gasteiger partial charge in [-0.25, -0.2) is 9.50 Å². The van der Waals surface area contributed by atoms with Crippen molar-refractivity contribution < 1.29 is 14.7 Å². The number of aliphatic hydroxyl groups is 1. The van der Waals surface area contributed by atoms with Crippen molar-refractivity contribution in [1.82, 2.24) is 19.5 Å². The van der Waals surface area contributed by atoms with Crippen molar-refractivity contribution in [2.24, 2.45) is 5.73 Å². The van der Waals surface area contributed by atoms with Crippen molar-refractivity contribution in [3.05, 3.63) is 53.9 Å². The van der Waals surface area contributed by atoms with Crippen molar-refractivity contribution in [2.75, 3.05) is 13.1 Å². The van der Waals surface area contributed by atoms with Gasteiger partial charge in [-0.2, -0.15) is 0 Å². The zero-order valence-corrected chi connectivity index (χ0v) is 14.5. The van der Waals surface area contributed by atoms with Gasteiger partial charge in [0, 0.05) is 24.2 Å². The largest absolute Gasteiger partial charge is 0.391 e. The van der Waals surface area contributed by atoms with Gasteiger partial charge >= 0.3 is 0 Å². The first kappa shape index (κ1) is 17.2. The number of piperidine rings is 1. The summed E-state index contributed by atoms with van der Waals surface area (Å²) >= 11 is 0. The minimum Gasteiger partial charge on any atom is -0.391 e. The predicted octanol–water partition coefficient (Wildman–Crippen LogP) is 0.892. The molecule has 0 aliphatic carbocycles. The average Bonchev–Trinajstić information content (AvgIpc) is 3.16. The molecule has 1 aliphatic heterocycles. The molecule has 3 aromatic rings. The van der Waals surface area contributed by atoms with Crippen molar-refractivity contribution in [2.45, 2.75) is 18.9 Å². The molecule has 1 fully saturated rings. The summed E-state index contributed by atoms with van der Waals surface area (Å²) in [6.07, 6.45) is 3.57. The highest BCUT2D eigenvalue weighted by molar-refractivity contribution is 5.99. The number of fused-ring (bicyclic) bond motifs is 1. The quantitative estimate of drug-likeness (QED) is 0.716. The van der Waals surface area contributed by atoms with E-state index in [1.54, 1.807) is 29.2 Å². The summed E-state index contributed by atoms with van der Waals surface area (Å²) in [4.78, 5) is 29.8. The van der Waals surface area contributed by atoms with E-state index in [0.29, 0.717) is 30.0 Å². The third-order valence-electron chi connectivity index (χ3n) is 4.76. The molecule has 1 saturated heterocycles. The number of benzene rings is 1. The van der Waals surface area contributed by atoms with Gasteiger partial charge in [-0.05, 0) is 37.1 Å². The van der Waals surface area contributed by atoms with E-state index < -0.39 is 12.0 Å². The van der Waals surface area contributed by atoms with Crippen LogP contribution in [0.4, 0.5) is 0 Å². The molecule has 137 valence electrons. The molecule has 2 amide bonds. The molecule has 27 heavy (non-hydrogen) atoms. The van der Waals surface area contributed by atoms with Crippen LogP contribution in [0.5, 0.6) is 0 Å². The number of amides is 2. The minimum absolute atomic E-state index is 0.0939. The fraction of sp³-hybridized carbons (Fsp3) is 0.263. The van der Waals surface area contributed by atoms with Gasteiger partial charge in [0.15, 0.2) is 5.65 Å². The summed E-state index contributed by atoms with van der Waals surface area (Å²) in [5.74, 6) is -0.679. The van der Waals surface area contributed by atoms with Crippen molar-refractivity contribution in [1.29, 1.82) is 0 Å². The molecule has 2 aromatic heterocycles. The molecular weight excluding hydrogens is 346 g/mol. The molecule has 8 heteroatoms. The summed E-state index contributed by atoms with van der Waals surface area (Å²) in [6.45, 7) is 1.02. The molecule has 1 unspecified atom stereocenters. The highest BCUT2D eigenvalue weighted by Gasteiger charge is 2.23. The molecule has 8 nitrogen and oxygen atoms in total. The Morgan fingerprint density at radius 1 is 1.19 bits per heavy atom. The second-order valence-corrected chi connectivity index (χ2v) is 6.57. The molecule has 0 spiro atoms. The van der Waals surface area contributed by atoms with Crippen LogP contribution in [-0.2, 0) is 0 Å². The van der Waals surface area contributed by atoms with Gasteiger partial charge in [0.1, 0.15) is 0 Å². The zero-order valence-electron chi connectivity index (χ0n) is 14.5. The number of hydrogen-bond acceptors (Lipinski definition) is 5. The molecule has 3 N–H and O–H groups in total. The van der Waals surface area contributed by atoms with Crippen molar-refractivity contribution in [3.8, 4) is 11.3 Å². The molecule has 1 aromatic carbocycles. The highest BCUT2D eigenvalue weighted by atomic mass is 16.3. The third-order valence-corrected chi connectivity index (χ3v) is 4.76. The first-order valence-corrected chi connectivity index (χ1v) is 8.68. The molecular formula is C19H18N5O3. The number of primary amides is 1. The third kappa shape index (κ3) is 3.15. The molecule has 0 saturated carbocycles. The van der Waals surface area contributed by atoms with Gasteiger partial charge in [-0.15, -0.1) is 5.10 Å². The average molecular weight is 364 g/mol. The number of carbonyl (C=O) groups is 2. The number of rotatable bonds is 3. The Morgan fingerprint density at radius 2 is 1.96 bits per heavy atom. The number of likely N-dealkylation sites (tertiary alicyclic amines) is 1. The first-order chi connectivity index (χ1) is 13.0. The van der Waals surface area contributed by atoms with Gasteiger partial charge in [-0.3, -0.25) is 9.59 Å². The Bertz CT molecular complexity index is 1010. The number of hydrogen-bond donors (Lipinski definition) is 2. The van der Waals surface area contributed by atoms with Crippen LogP contribution in [0.25, 0.3) is 16.9 Å². The number of pyridine rings is 1. The molecule has 1 radical (unpaired) electrons. The maximum absolute atomic E-state index is 12.6. The van der Waals surface area contributed by atoms with Crippen LogP contribution in [-0.4, -0.2) is 55.6 Å². The fourth-order valence-electron chi connectivity index (χ4n) is 3.38. The van der Waals surface area contributed by atoms with Crippen LogP contribution in [0, 0.1) is 6.33 Å². The van der Waals surface area contributed by atoms with Crippen LogP contribution in [0.15, 0.2) is 36.4 Å². The number of carbonyl (C=O) groups excluding carboxylic acids is 2. The van der Waals surface area contributed by atoms with Crippen molar-refractivity contribution in [3.63, 3.8) is 0 Å². The molecule has 1 atom stereocenters.